The molecule has 124 valence electrons. The first-order chi connectivity index (χ1) is 10.8. The molecule has 0 N–H and O–H groups in total. The van der Waals surface area contributed by atoms with E-state index in [-0.39, 0.29) is 15.7 Å². The molecule has 23 heavy (non-hydrogen) atoms. The van der Waals surface area contributed by atoms with Crippen molar-refractivity contribution >= 4 is 45.1 Å². The minimum atomic E-state index is -0.188. The van der Waals surface area contributed by atoms with Gasteiger partial charge in [-0.05, 0) is 67.9 Å². The highest BCUT2D eigenvalue weighted by Crippen LogP contribution is 2.65. The van der Waals surface area contributed by atoms with Crippen molar-refractivity contribution in [3.05, 3.63) is 28.2 Å². The topological polar surface area (TPSA) is 26.3 Å². The van der Waals surface area contributed by atoms with Gasteiger partial charge in [0.1, 0.15) is 0 Å². The van der Waals surface area contributed by atoms with Gasteiger partial charge in [0.25, 0.3) is 0 Å². The number of carbonyl (C=O) groups is 1. The van der Waals surface area contributed by atoms with Crippen molar-refractivity contribution in [1.29, 1.82) is 0 Å². The second kappa shape index (κ2) is 5.64. The molecule has 0 saturated heterocycles. The van der Waals surface area contributed by atoms with Crippen LogP contribution in [0.3, 0.4) is 0 Å². The second-order valence-electron chi connectivity index (χ2n) is 7.84. The summed E-state index contributed by atoms with van der Waals surface area (Å²) >= 11 is 16.0. The third kappa shape index (κ3) is 3.17. The Morgan fingerprint density at radius 1 is 1.22 bits per heavy atom. The van der Waals surface area contributed by atoms with Gasteiger partial charge in [-0.25, -0.2) is 0 Å². The van der Waals surface area contributed by atoms with Crippen molar-refractivity contribution < 1.29 is 9.53 Å². The normalized spacial score (nSPS) is 37.9. The molecule has 2 nitrogen and oxygen atoms in total. The number of benzene rings is 1. The average Bonchev–Trinajstić information content (AvgIpc) is 2.39. The van der Waals surface area contributed by atoms with Crippen LogP contribution in [0.25, 0.3) is 0 Å². The fourth-order valence-electron chi connectivity index (χ4n) is 5.56. The molecule has 4 saturated carbocycles. The van der Waals surface area contributed by atoms with Gasteiger partial charge in [0.05, 0.1) is 11.4 Å². The zero-order valence-corrected chi connectivity index (χ0v) is 15.9. The summed E-state index contributed by atoms with van der Waals surface area (Å²) in [6.45, 7) is 0. The van der Waals surface area contributed by atoms with E-state index in [0.29, 0.717) is 22.2 Å². The third-order valence-electron chi connectivity index (χ3n) is 5.75. The lowest BCUT2D eigenvalue weighted by molar-refractivity contribution is -0.141. The Hall–Kier alpha value is -0.250. The van der Waals surface area contributed by atoms with E-state index >= 15 is 0 Å². The van der Waals surface area contributed by atoms with E-state index in [4.69, 9.17) is 27.9 Å². The molecule has 2 unspecified atom stereocenters. The van der Waals surface area contributed by atoms with E-state index in [1.165, 1.54) is 19.3 Å². The minimum absolute atomic E-state index is 0.107. The average molecular weight is 418 g/mol. The minimum Gasteiger partial charge on any atom is -0.425 e. The molecule has 4 aliphatic rings. The van der Waals surface area contributed by atoms with Gasteiger partial charge in [-0.15, -0.1) is 0 Å². The largest absolute Gasteiger partial charge is 0.425 e. The Morgan fingerprint density at radius 2 is 1.91 bits per heavy atom. The second-order valence-corrected chi connectivity index (χ2v) is 10.4. The molecule has 0 radical (unpaired) electrons. The maximum absolute atomic E-state index is 12.5. The number of alkyl halides is 1. The fraction of sp³-hybridized carbons (Fsp3) is 0.611. The van der Waals surface area contributed by atoms with Crippen LogP contribution >= 0.6 is 39.1 Å². The quantitative estimate of drug-likeness (QED) is 0.341. The number of hydrogen-bond acceptors (Lipinski definition) is 2. The molecular formula is C18H19BrCl2O2. The molecule has 0 amide bonds. The number of rotatable bonds is 3. The standard InChI is InChI=1S/C18H19BrCl2O2/c19-18-7-11-3-12(8-18)6-17(5-11,10-18)9-16(22)23-15-4-13(20)1-2-14(15)21/h1-2,4,11-12H,3,5-10H2/t11-,12+,17?,18?. The molecule has 4 atom stereocenters. The lowest BCUT2D eigenvalue weighted by Gasteiger charge is -2.60. The van der Waals surface area contributed by atoms with Crippen molar-refractivity contribution in [2.75, 3.05) is 0 Å². The molecular weight excluding hydrogens is 399 g/mol. The number of carbonyl (C=O) groups excluding carboxylic acids is 1. The molecule has 4 fully saturated rings. The molecule has 4 aliphatic carbocycles. The summed E-state index contributed by atoms with van der Waals surface area (Å²) in [4.78, 5) is 12.5. The molecule has 0 heterocycles. The van der Waals surface area contributed by atoms with Crippen LogP contribution in [0.4, 0.5) is 0 Å². The van der Waals surface area contributed by atoms with Crippen LogP contribution in [0.15, 0.2) is 18.2 Å². The summed E-state index contributed by atoms with van der Waals surface area (Å²) < 4.78 is 5.78. The lowest BCUT2D eigenvalue weighted by atomic mass is 9.49. The van der Waals surface area contributed by atoms with Crippen molar-refractivity contribution in [2.24, 2.45) is 17.3 Å². The maximum Gasteiger partial charge on any atom is 0.311 e. The smallest absolute Gasteiger partial charge is 0.311 e. The molecule has 5 heteroatoms. The summed E-state index contributed by atoms with van der Waals surface area (Å²) in [6, 6.07) is 4.95. The van der Waals surface area contributed by atoms with Crippen molar-refractivity contribution in [3.63, 3.8) is 0 Å². The van der Waals surface area contributed by atoms with Gasteiger partial charge >= 0.3 is 5.97 Å². The third-order valence-corrected chi connectivity index (χ3v) is 7.22. The van der Waals surface area contributed by atoms with E-state index in [9.17, 15) is 4.79 Å². The number of hydrogen-bond donors (Lipinski definition) is 0. The van der Waals surface area contributed by atoms with Gasteiger partial charge in [0.15, 0.2) is 5.75 Å². The van der Waals surface area contributed by atoms with Gasteiger partial charge in [-0.3, -0.25) is 4.79 Å². The van der Waals surface area contributed by atoms with Crippen LogP contribution in [0.5, 0.6) is 5.75 Å². The monoisotopic (exact) mass is 416 g/mol. The van der Waals surface area contributed by atoms with Crippen LogP contribution in [0.2, 0.25) is 10.0 Å². The van der Waals surface area contributed by atoms with Crippen LogP contribution in [0, 0.1) is 17.3 Å². The Morgan fingerprint density at radius 3 is 2.57 bits per heavy atom. The van der Waals surface area contributed by atoms with Crippen molar-refractivity contribution in [2.45, 2.75) is 49.3 Å². The Labute approximate surface area is 155 Å². The number of halogens is 3. The first kappa shape index (κ1) is 16.2. The SMILES string of the molecule is O=C(CC12C[C@@H]3C[C@@H](CC(Br)(C3)C1)C2)Oc1cc(Cl)ccc1Cl. The zero-order valence-electron chi connectivity index (χ0n) is 12.8. The number of ether oxygens (including phenoxy) is 1. The van der Waals surface area contributed by atoms with Crippen molar-refractivity contribution in [1.82, 2.24) is 0 Å². The van der Waals surface area contributed by atoms with E-state index in [2.05, 4.69) is 15.9 Å². The van der Waals surface area contributed by atoms with Gasteiger partial charge in [0.2, 0.25) is 0 Å². The Balaban J connectivity index is 1.49. The maximum atomic E-state index is 12.5. The van der Waals surface area contributed by atoms with Crippen LogP contribution in [0.1, 0.15) is 44.9 Å². The highest BCUT2D eigenvalue weighted by atomic mass is 79.9. The van der Waals surface area contributed by atoms with E-state index in [1.54, 1.807) is 18.2 Å². The van der Waals surface area contributed by atoms with E-state index in [0.717, 1.165) is 31.1 Å². The predicted molar refractivity (Wildman–Crippen MR) is 95.5 cm³/mol. The van der Waals surface area contributed by atoms with Crippen LogP contribution < -0.4 is 4.74 Å². The summed E-state index contributed by atoms with van der Waals surface area (Å²) in [5, 5.41) is 0.941. The molecule has 0 aromatic heterocycles. The van der Waals surface area contributed by atoms with Gasteiger partial charge in [-0.1, -0.05) is 39.1 Å². The predicted octanol–water partition coefficient (Wildman–Crippen LogP) is 6.02. The number of esters is 1. The Kier molecular flexibility index (Phi) is 3.98. The fourth-order valence-corrected chi connectivity index (χ4v) is 7.39. The highest BCUT2D eigenvalue weighted by molar-refractivity contribution is 9.10. The van der Waals surface area contributed by atoms with Crippen molar-refractivity contribution in [3.8, 4) is 5.75 Å². The Bertz CT molecular complexity index is 646. The molecule has 5 rings (SSSR count). The highest BCUT2D eigenvalue weighted by Gasteiger charge is 2.57. The first-order valence-corrected chi connectivity index (χ1v) is 9.74. The van der Waals surface area contributed by atoms with Gasteiger partial charge in [-0.2, -0.15) is 0 Å². The van der Waals surface area contributed by atoms with Gasteiger partial charge < -0.3 is 4.74 Å². The summed E-state index contributed by atoms with van der Waals surface area (Å²) in [7, 11) is 0. The van der Waals surface area contributed by atoms with Crippen LogP contribution in [-0.2, 0) is 4.79 Å². The first-order valence-electron chi connectivity index (χ1n) is 8.20. The lowest BCUT2D eigenvalue weighted by Crippen LogP contribution is -2.53. The summed E-state index contributed by atoms with van der Waals surface area (Å²) in [5.74, 6) is 1.70. The molecule has 0 aliphatic heterocycles. The molecule has 1 aromatic rings. The summed E-state index contributed by atoms with van der Waals surface area (Å²) in [6.07, 6.45) is 7.76. The molecule has 0 spiro atoms. The van der Waals surface area contributed by atoms with Crippen LogP contribution in [-0.4, -0.2) is 10.3 Å². The molecule has 4 bridgehead atoms. The summed E-state index contributed by atoms with van der Waals surface area (Å²) in [5.41, 5.74) is 0.107. The zero-order chi connectivity index (χ0) is 16.2. The van der Waals surface area contributed by atoms with Gasteiger partial charge in [0, 0.05) is 15.4 Å². The van der Waals surface area contributed by atoms with E-state index in [1.807, 2.05) is 0 Å². The van der Waals surface area contributed by atoms with E-state index < -0.39 is 0 Å². The molecule has 1 aromatic carbocycles.